The zero-order valence-corrected chi connectivity index (χ0v) is 21.1. The summed E-state index contributed by atoms with van der Waals surface area (Å²) < 4.78 is 6.20. The number of nitrogens with zero attached hydrogens (tertiary/aromatic N) is 1. The van der Waals surface area contributed by atoms with E-state index in [-0.39, 0.29) is 25.0 Å². The number of hydrogen-bond acceptors (Lipinski definition) is 5. The number of carbonyl (C=O) groups is 2. The van der Waals surface area contributed by atoms with Crippen LogP contribution in [0.5, 0.6) is 5.75 Å². The van der Waals surface area contributed by atoms with E-state index in [1.165, 1.54) is 6.42 Å². The highest BCUT2D eigenvalue weighted by Gasteiger charge is 2.50. The van der Waals surface area contributed by atoms with E-state index in [2.05, 4.69) is 11.9 Å². The molecule has 3 aliphatic rings. The number of benzene rings is 1. The van der Waals surface area contributed by atoms with Gasteiger partial charge in [0.1, 0.15) is 18.0 Å². The molecular formula is C29H40N2O5. The summed E-state index contributed by atoms with van der Waals surface area (Å²) >= 11 is 0. The van der Waals surface area contributed by atoms with E-state index in [0.29, 0.717) is 30.2 Å². The first kappa shape index (κ1) is 26.4. The second-order valence-electron chi connectivity index (χ2n) is 10.3. The van der Waals surface area contributed by atoms with Gasteiger partial charge in [0.05, 0.1) is 18.6 Å². The van der Waals surface area contributed by atoms with E-state index in [1.807, 2.05) is 35.2 Å². The number of ether oxygens (including phenoxy) is 1. The number of aliphatic hydroxyl groups excluding tert-OH is 2. The van der Waals surface area contributed by atoms with Gasteiger partial charge in [0.25, 0.3) is 0 Å². The molecule has 0 aromatic heterocycles. The van der Waals surface area contributed by atoms with Crippen LogP contribution in [0.1, 0.15) is 69.3 Å². The van der Waals surface area contributed by atoms with E-state index in [9.17, 15) is 19.8 Å². The molecule has 2 amide bonds. The highest BCUT2D eigenvalue weighted by atomic mass is 16.5. The Morgan fingerprint density at radius 1 is 1.17 bits per heavy atom. The molecule has 0 spiro atoms. The molecule has 7 heteroatoms. The fourth-order valence-electron chi connectivity index (χ4n) is 5.94. The Hall–Kier alpha value is -2.64. The van der Waals surface area contributed by atoms with Gasteiger partial charge in [-0.05, 0) is 50.2 Å². The van der Waals surface area contributed by atoms with Crippen LogP contribution >= 0.6 is 0 Å². The van der Waals surface area contributed by atoms with Gasteiger partial charge in [0, 0.05) is 30.6 Å². The lowest BCUT2D eigenvalue weighted by Crippen LogP contribution is -2.56. The standard InChI is InChI=1S/C29H40N2O5/c1-2-3-4-8-15-25(33)31(19-20-11-6-5-7-12-20)23-18-22(29(35)30-16-17-32)26-21-13-9-10-14-24(21)36-28(26)27(23)34/h2,9-10,13-14,18,20,23,26-28,32,34H,1,3-8,11-12,15-17,19H2,(H,30,35). The monoisotopic (exact) mass is 496 g/mol. The molecule has 4 unspecified atom stereocenters. The molecule has 1 aliphatic heterocycles. The third-order valence-corrected chi connectivity index (χ3v) is 7.79. The van der Waals surface area contributed by atoms with E-state index in [0.717, 1.165) is 50.5 Å². The van der Waals surface area contributed by atoms with Crippen LogP contribution in [-0.4, -0.2) is 64.9 Å². The zero-order valence-electron chi connectivity index (χ0n) is 21.1. The number of unbranched alkanes of at least 4 members (excludes halogenated alkanes) is 2. The molecule has 196 valence electrons. The number of allylic oxidation sites excluding steroid dienone is 1. The Morgan fingerprint density at radius 2 is 1.94 bits per heavy atom. The normalized spacial score (nSPS) is 25.2. The van der Waals surface area contributed by atoms with Crippen LogP contribution < -0.4 is 10.1 Å². The molecule has 1 saturated carbocycles. The molecule has 1 fully saturated rings. The van der Waals surface area contributed by atoms with Crippen molar-refractivity contribution in [1.82, 2.24) is 10.2 Å². The molecule has 3 N–H and O–H groups in total. The van der Waals surface area contributed by atoms with Crippen LogP contribution in [0.4, 0.5) is 0 Å². The molecule has 0 bridgehead atoms. The molecule has 0 saturated heterocycles. The Balaban J connectivity index is 1.66. The molecule has 7 nitrogen and oxygen atoms in total. The van der Waals surface area contributed by atoms with Gasteiger partial charge in [-0.3, -0.25) is 9.59 Å². The molecule has 4 rings (SSSR count). The number of hydrogen-bond donors (Lipinski definition) is 3. The highest BCUT2D eigenvalue weighted by Crippen LogP contribution is 2.47. The van der Waals surface area contributed by atoms with Crippen LogP contribution in [0.15, 0.2) is 48.6 Å². The van der Waals surface area contributed by atoms with Crippen molar-refractivity contribution >= 4 is 11.8 Å². The quantitative estimate of drug-likeness (QED) is 0.322. The van der Waals surface area contributed by atoms with Crippen molar-refractivity contribution in [3.05, 3.63) is 54.1 Å². The van der Waals surface area contributed by atoms with Crippen molar-refractivity contribution in [2.24, 2.45) is 5.92 Å². The topological polar surface area (TPSA) is 99.1 Å². The number of para-hydroxylation sites is 1. The molecule has 2 aliphatic carbocycles. The van der Waals surface area contributed by atoms with Crippen molar-refractivity contribution in [2.45, 2.75) is 82.0 Å². The first-order valence-corrected chi connectivity index (χ1v) is 13.5. The second-order valence-corrected chi connectivity index (χ2v) is 10.3. The fraction of sp³-hybridized carbons (Fsp3) is 0.586. The number of aliphatic hydroxyl groups is 2. The van der Waals surface area contributed by atoms with Gasteiger partial charge in [0.15, 0.2) is 0 Å². The number of rotatable bonds is 11. The first-order valence-electron chi connectivity index (χ1n) is 13.5. The zero-order chi connectivity index (χ0) is 25.5. The summed E-state index contributed by atoms with van der Waals surface area (Å²) in [6, 6.07) is 6.89. The second kappa shape index (κ2) is 12.5. The largest absolute Gasteiger partial charge is 0.486 e. The van der Waals surface area contributed by atoms with Gasteiger partial charge in [-0.1, -0.05) is 43.5 Å². The van der Waals surface area contributed by atoms with Gasteiger partial charge in [0.2, 0.25) is 11.8 Å². The molecule has 1 aromatic carbocycles. The first-order chi connectivity index (χ1) is 17.5. The predicted octanol–water partition coefficient (Wildman–Crippen LogP) is 3.46. The number of fused-ring (bicyclic) bond motifs is 3. The number of amides is 2. The summed E-state index contributed by atoms with van der Waals surface area (Å²) in [4.78, 5) is 28.6. The van der Waals surface area contributed by atoms with Gasteiger partial charge in [-0.25, -0.2) is 0 Å². The van der Waals surface area contributed by atoms with Crippen molar-refractivity contribution in [1.29, 1.82) is 0 Å². The smallest absolute Gasteiger partial charge is 0.247 e. The third-order valence-electron chi connectivity index (χ3n) is 7.79. The van der Waals surface area contributed by atoms with Gasteiger partial charge in [-0.15, -0.1) is 6.58 Å². The molecule has 1 heterocycles. The van der Waals surface area contributed by atoms with Crippen molar-refractivity contribution in [2.75, 3.05) is 19.7 Å². The maximum absolute atomic E-state index is 13.6. The number of nitrogens with one attached hydrogen (secondary N) is 1. The Morgan fingerprint density at radius 3 is 2.69 bits per heavy atom. The molecule has 36 heavy (non-hydrogen) atoms. The Labute approximate surface area is 214 Å². The molecule has 1 aromatic rings. The van der Waals surface area contributed by atoms with Crippen LogP contribution in [0, 0.1) is 5.92 Å². The Bertz CT molecular complexity index is 955. The minimum atomic E-state index is -0.961. The van der Waals surface area contributed by atoms with Gasteiger partial charge < -0.3 is 25.2 Å². The maximum Gasteiger partial charge on any atom is 0.247 e. The van der Waals surface area contributed by atoms with Crippen LogP contribution in [-0.2, 0) is 9.59 Å². The summed E-state index contributed by atoms with van der Waals surface area (Å²) in [6.45, 7) is 4.31. The summed E-state index contributed by atoms with van der Waals surface area (Å²) in [5.74, 6) is 0.330. The SMILES string of the molecule is C=CCCCCC(=O)N(CC1CCCCC1)C1C=C(C(=O)NCCO)C2c3ccccc3OC2C1O. The fourth-order valence-corrected chi connectivity index (χ4v) is 5.94. The number of carbonyl (C=O) groups excluding carboxylic acids is 2. The summed E-state index contributed by atoms with van der Waals surface area (Å²) in [7, 11) is 0. The lowest BCUT2D eigenvalue weighted by atomic mass is 9.77. The van der Waals surface area contributed by atoms with E-state index in [4.69, 9.17) is 4.74 Å². The minimum Gasteiger partial charge on any atom is -0.486 e. The maximum atomic E-state index is 13.6. The highest BCUT2D eigenvalue weighted by molar-refractivity contribution is 5.96. The lowest BCUT2D eigenvalue weighted by molar-refractivity contribution is -0.138. The van der Waals surface area contributed by atoms with Gasteiger partial charge in [-0.2, -0.15) is 0 Å². The Kier molecular flexibility index (Phi) is 9.21. The van der Waals surface area contributed by atoms with Crippen LogP contribution in [0.3, 0.4) is 0 Å². The average Bonchev–Trinajstić information content (AvgIpc) is 3.30. The van der Waals surface area contributed by atoms with E-state index >= 15 is 0 Å². The van der Waals surface area contributed by atoms with Crippen LogP contribution in [0.2, 0.25) is 0 Å². The molecule has 0 radical (unpaired) electrons. The van der Waals surface area contributed by atoms with Gasteiger partial charge >= 0.3 is 0 Å². The van der Waals surface area contributed by atoms with E-state index in [1.54, 1.807) is 6.08 Å². The summed E-state index contributed by atoms with van der Waals surface area (Å²) in [5, 5.41) is 23.6. The van der Waals surface area contributed by atoms with Crippen molar-refractivity contribution in [3.63, 3.8) is 0 Å². The van der Waals surface area contributed by atoms with Crippen molar-refractivity contribution < 1.29 is 24.5 Å². The van der Waals surface area contributed by atoms with Crippen LogP contribution in [0.25, 0.3) is 0 Å². The minimum absolute atomic E-state index is 0.00835. The van der Waals surface area contributed by atoms with E-state index < -0.39 is 24.2 Å². The molecular weight excluding hydrogens is 456 g/mol. The third kappa shape index (κ3) is 5.84. The average molecular weight is 497 g/mol. The molecule has 4 atom stereocenters. The summed E-state index contributed by atoms with van der Waals surface area (Å²) in [6.07, 6.45) is 10.7. The van der Waals surface area contributed by atoms with Crippen molar-refractivity contribution in [3.8, 4) is 5.75 Å². The predicted molar refractivity (Wildman–Crippen MR) is 139 cm³/mol. The summed E-state index contributed by atoms with van der Waals surface area (Å²) in [5.41, 5.74) is 1.35. The lowest BCUT2D eigenvalue weighted by Gasteiger charge is -2.42.